The molecule has 0 saturated carbocycles. The molecule has 0 saturated heterocycles. The summed E-state index contributed by atoms with van der Waals surface area (Å²) in [6.45, 7) is 1.19. The number of methoxy groups -OCH3 is 1. The number of benzene rings is 1. The first-order chi connectivity index (χ1) is 10.3. The molecule has 1 aromatic carbocycles. The van der Waals surface area contributed by atoms with Gasteiger partial charge in [0.2, 0.25) is 0 Å². The highest BCUT2D eigenvalue weighted by Crippen LogP contribution is 2.29. The van der Waals surface area contributed by atoms with Gasteiger partial charge in [0.15, 0.2) is 11.5 Å². The molecule has 0 spiro atoms. The molecule has 1 rings (SSSR count). The second-order valence-corrected chi connectivity index (χ2v) is 5.00. The molecule has 0 aliphatic heterocycles. The highest BCUT2D eigenvalue weighted by molar-refractivity contribution is 5.94. The number of ether oxygens (including phenoxy) is 2. The number of alkyl halides is 2. The van der Waals surface area contributed by atoms with Crippen molar-refractivity contribution in [3.8, 4) is 11.5 Å². The Bertz CT molecular complexity index is 511. The maximum Gasteiger partial charge on any atom is 0.387 e. The Labute approximate surface area is 140 Å². The average Bonchev–Trinajstić information content (AvgIpc) is 2.51. The lowest BCUT2D eigenvalue weighted by Gasteiger charge is -2.26. The lowest BCUT2D eigenvalue weighted by atomic mass is 9.94. The van der Waals surface area contributed by atoms with E-state index in [-0.39, 0.29) is 29.5 Å². The van der Waals surface area contributed by atoms with Gasteiger partial charge < -0.3 is 20.5 Å². The number of nitrogens with one attached hydrogen (secondary N) is 1. The number of hydrogen-bond donors (Lipinski definition) is 2. The Balaban J connectivity index is 0.00000484. The van der Waals surface area contributed by atoms with Crippen LogP contribution in [-0.2, 0) is 0 Å². The predicted octanol–water partition coefficient (Wildman–Crippen LogP) is 2.97. The van der Waals surface area contributed by atoms with Crippen LogP contribution in [-0.4, -0.2) is 31.7 Å². The van der Waals surface area contributed by atoms with Crippen LogP contribution in [0.4, 0.5) is 8.78 Å². The molecule has 0 heterocycles. The monoisotopic (exact) mass is 352 g/mol. The fraction of sp³-hybridized carbons (Fsp3) is 0.533. The van der Waals surface area contributed by atoms with Crippen molar-refractivity contribution in [3.05, 3.63) is 23.8 Å². The highest BCUT2D eigenvalue weighted by Gasteiger charge is 2.22. The molecule has 1 aromatic rings. The fourth-order valence-electron chi connectivity index (χ4n) is 1.86. The minimum Gasteiger partial charge on any atom is -0.493 e. The van der Waals surface area contributed by atoms with Crippen LogP contribution in [0.3, 0.4) is 0 Å². The molecule has 0 aromatic heterocycles. The van der Waals surface area contributed by atoms with Gasteiger partial charge in [-0.25, -0.2) is 0 Å². The summed E-state index contributed by atoms with van der Waals surface area (Å²) in [4.78, 5) is 12.1. The third-order valence-electron chi connectivity index (χ3n) is 3.65. The Morgan fingerprint density at radius 2 is 1.91 bits per heavy atom. The summed E-state index contributed by atoms with van der Waals surface area (Å²) in [5, 5.41) is 2.71. The molecular weight excluding hydrogens is 330 g/mol. The smallest absolute Gasteiger partial charge is 0.387 e. The SMILES string of the molecule is CCC(N)(CC)CNC(=O)c1ccc(OC)c(OC(F)F)c1.Cl. The van der Waals surface area contributed by atoms with E-state index >= 15 is 0 Å². The second kappa shape index (κ2) is 9.52. The van der Waals surface area contributed by atoms with Crippen LogP contribution < -0.4 is 20.5 Å². The van der Waals surface area contributed by atoms with Gasteiger partial charge in [-0.1, -0.05) is 13.8 Å². The number of rotatable bonds is 8. The quantitative estimate of drug-likeness (QED) is 0.754. The first-order valence-corrected chi connectivity index (χ1v) is 7.05. The minimum atomic E-state index is -3.00. The molecule has 23 heavy (non-hydrogen) atoms. The van der Waals surface area contributed by atoms with Crippen molar-refractivity contribution < 1.29 is 23.0 Å². The summed E-state index contributed by atoms with van der Waals surface area (Å²) in [6.07, 6.45) is 1.43. The van der Waals surface area contributed by atoms with E-state index in [1.165, 1.54) is 25.3 Å². The number of halogens is 3. The van der Waals surface area contributed by atoms with Crippen LogP contribution in [0.1, 0.15) is 37.0 Å². The van der Waals surface area contributed by atoms with E-state index in [0.29, 0.717) is 19.4 Å². The standard InChI is InChI=1S/C15H22F2N2O3.ClH/c1-4-15(18,5-2)9-19-13(20)10-6-7-11(21-3)12(8-10)22-14(16)17;/h6-8,14H,4-5,9,18H2,1-3H3,(H,19,20);1H. The van der Waals surface area contributed by atoms with Crippen LogP contribution in [0.25, 0.3) is 0 Å². The molecule has 0 atom stereocenters. The Morgan fingerprint density at radius 3 is 2.39 bits per heavy atom. The Morgan fingerprint density at radius 1 is 1.30 bits per heavy atom. The van der Waals surface area contributed by atoms with Gasteiger partial charge in [-0.3, -0.25) is 4.79 Å². The van der Waals surface area contributed by atoms with Crippen molar-refractivity contribution in [2.75, 3.05) is 13.7 Å². The van der Waals surface area contributed by atoms with Crippen LogP contribution in [0.5, 0.6) is 11.5 Å². The minimum absolute atomic E-state index is 0. The summed E-state index contributed by atoms with van der Waals surface area (Å²) >= 11 is 0. The predicted molar refractivity (Wildman–Crippen MR) is 86.7 cm³/mol. The maximum atomic E-state index is 12.4. The molecule has 8 heteroatoms. The first-order valence-electron chi connectivity index (χ1n) is 7.05. The molecular formula is C15H23ClF2N2O3. The molecule has 1 amide bonds. The topological polar surface area (TPSA) is 73.6 Å². The van der Waals surface area contributed by atoms with Crippen LogP contribution in [0.15, 0.2) is 18.2 Å². The van der Waals surface area contributed by atoms with Gasteiger partial charge in [-0.05, 0) is 31.0 Å². The zero-order chi connectivity index (χ0) is 16.8. The number of carbonyl (C=O) groups excluding carboxylic acids is 1. The van der Waals surface area contributed by atoms with Gasteiger partial charge in [0, 0.05) is 17.6 Å². The third-order valence-corrected chi connectivity index (χ3v) is 3.65. The van der Waals surface area contributed by atoms with Gasteiger partial charge in [0.1, 0.15) is 0 Å². The molecule has 0 unspecified atom stereocenters. The molecule has 0 bridgehead atoms. The molecule has 132 valence electrons. The molecule has 0 aliphatic rings. The summed E-state index contributed by atoms with van der Waals surface area (Å²) in [5.41, 5.74) is 5.82. The number of hydrogen-bond acceptors (Lipinski definition) is 4. The number of nitrogens with two attached hydrogens (primary N) is 1. The Kier molecular flexibility index (Phi) is 8.86. The number of amides is 1. The maximum absolute atomic E-state index is 12.4. The van der Waals surface area contributed by atoms with Gasteiger partial charge in [-0.2, -0.15) is 8.78 Å². The van der Waals surface area contributed by atoms with Crippen molar-refractivity contribution in [2.45, 2.75) is 38.8 Å². The molecule has 0 aliphatic carbocycles. The fourth-order valence-corrected chi connectivity index (χ4v) is 1.86. The van der Waals surface area contributed by atoms with Crippen LogP contribution >= 0.6 is 12.4 Å². The normalized spacial score (nSPS) is 10.9. The van der Waals surface area contributed by atoms with Crippen LogP contribution in [0, 0.1) is 0 Å². The van der Waals surface area contributed by atoms with E-state index in [0.717, 1.165) is 0 Å². The lowest BCUT2D eigenvalue weighted by Crippen LogP contribution is -2.49. The highest BCUT2D eigenvalue weighted by atomic mass is 35.5. The molecule has 0 radical (unpaired) electrons. The van der Waals surface area contributed by atoms with E-state index in [9.17, 15) is 13.6 Å². The van der Waals surface area contributed by atoms with Gasteiger partial charge in [-0.15, -0.1) is 12.4 Å². The lowest BCUT2D eigenvalue weighted by molar-refractivity contribution is -0.0512. The van der Waals surface area contributed by atoms with E-state index < -0.39 is 18.1 Å². The molecule has 5 nitrogen and oxygen atoms in total. The summed E-state index contributed by atoms with van der Waals surface area (Å²) < 4.78 is 34.0. The molecule has 3 N–H and O–H groups in total. The van der Waals surface area contributed by atoms with Crippen molar-refractivity contribution >= 4 is 18.3 Å². The van der Waals surface area contributed by atoms with Gasteiger partial charge >= 0.3 is 6.61 Å². The van der Waals surface area contributed by atoms with Gasteiger partial charge in [0.05, 0.1) is 7.11 Å². The zero-order valence-electron chi connectivity index (χ0n) is 13.4. The third kappa shape index (κ3) is 6.19. The van der Waals surface area contributed by atoms with E-state index in [4.69, 9.17) is 10.5 Å². The summed E-state index contributed by atoms with van der Waals surface area (Å²) in [7, 11) is 1.33. The average molecular weight is 353 g/mol. The number of carbonyl (C=O) groups is 1. The van der Waals surface area contributed by atoms with E-state index in [1.54, 1.807) is 0 Å². The van der Waals surface area contributed by atoms with E-state index in [2.05, 4.69) is 10.1 Å². The van der Waals surface area contributed by atoms with Gasteiger partial charge in [0.25, 0.3) is 5.91 Å². The van der Waals surface area contributed by atoms with E-state index in [1.807, 2.05) is 13.8 Å². The molecule has 0 fully saturated rings. The summed E-state index contributed by atoms with van der Waals surface area (Å²) in [6, 6.07) is 4.10. The first kappa shape index (κ1) is 21.4. The zero-order valence-corrected chi connectivity index (χ0v) is 14.2. The Hall–Kier alpha value is -1.60. The van der Waals surface area contributed by atoms with Crippen molar-refractivity contribution in [3.63, 3.8) is 0 Å². The largest absolute Gasteiger partial charge is 0.493 e. The summed E-state index contributed by atoms with van der Waals surface area (Å²) in [5.74, 6) is -0.458. The van der Waals surface area contributed by atoms with Crippen molar-refractivity contribution in [1.29, 1.82) is 0 Å². The van der Waals surface area contributed by atoms with Crippen molar-refractivity contribution in [2.24, 2.45) is 5.73 Å². The second-order valence-electron chi connectivity index (χ2n) is 5.00. The van der Waals surface area contributed by atoms with Crippen LogP contribution in [0.2, 0.25) is 0 Å². The van der Waals surface area contributed by atoms with Crippen molar-refractivity contribution in [1.82, 2.24) is 5.32 Å².